The zero-order chi connectivity index (χ0) is 18.6. The van der Waals surface area contributed by atoms with Crippen LogP contribution in [0.5, 0.6) is 5.75 Å². The molecule has 0 amide bonds. The SMILES string of the molecule is Cc1ccc(N(c2ccc(O)cc2)c2ccc(-c3ccccc3)cc2)cc1. The van der Waals surface area contributed by atoms with Gasteiger partial charge in [-0.15, -0.1) is 0 Å². The fourth-order valence-corrected chi connectivity index (χ4v) is 3.18. The average Bonchev–Trinajstić information content (AvgIpc) is 2.72. The molecule has 0 aliphatic carbocycles. The predicted octanol–water partition coefficient (Wildman–Crippen LogP) is 6.84. The van der Waals surface area contributed by atoms with Crippen molar-refractivity contribution in [1.82, 2.24) is 0 Å². The normalized spacial score (nSPS) is 10.6. The first kappa shape index (κ1) is 16.9. The van der Waals surface area contributed by atoms with Gasteiger partial charge in [-0.05, 0) is 66.6 Å². The fraction of sp³-hybridized carbons (Fsp3) is 0.0400. The van der Waals surface area contributed by atoms with E-state index in [1.165, 1.54) is 16.7 Å². The maximum absolute atomic E-state index is 9.66. The Morgan fingerprint density at radius 1 is 0.519 bits per heavy atom. The first-order valence-corrected chi connectivity index (χ1v) is 9.02. The van der Waals surface area contributed by atoms with Gasteiger partial charge in [0.2, 0.25) is 0 Å². The van der Waals surface area contributed by atoms with Gasteiger partial charge in [-0.2, -0.15) is 0 Å². The molecule has 0 fully saturated rings. The predicted molar refractivity (Wildman–Crippen MR) is 113 cm³/mol. The average molecular weight is 351 g/mol. The number of phenolic OH excluding ortho intramolecular Hbond substituents is 1. The number of anilines is 3. The second-order valence-corrected chi connectivity index (χ2v) is 6.60. The van der Waals surface area contributed by atoms with E-state index in [4.69, 9.17) is 0 Å². The minimum absolute atomic E-state index is 0.266. The van der Waals surface area contributed by atoms with Crippen molar-refractivity contribution in [1.29, 1.82) is 0 Å². The highest BCUT2D eigenvalue weighted by Crippen LogP contribution is 2.36. The summed E-state index contributed by atoms with van der Waals surface area (Å²) in [5.41, 5.74) is 6.78. The Hall–Kier alpha value is -3.52. The molecule has 4 aromatic rings. The molecule has 4 rings (SSSR count). The zero-order valence-corrected chi connectivity index (χ0v) is 15.2. The van der Waals surface area contributed by atoms with Gasteiger partial charge >= 0.3 is 0 Å². The van der Waals surface area contributed by atoms with Gasteiger partial charge in [0.25, 0.3) is 0 Å². The number of nitrogens with zero attached hydrogens (tertiary/aromatic N) is 1. The Balaban J connectivity index is 1.76. The first-order chi connectivity index (χ1) is 13.2. The minimum Gasteiger partial charge on any atom is -0.508 e. The Bertz CT molecular complexity index is 959. The van der Waals surface area contributed by atoms with E-state index < -0.39 is 0 Å². The van der Waals surface area contributed by atoms with Gasteiger partial charge in [0.15, 0.2) is 0 Å². The van der Waals surface area contributed by atoms with E-state index in [1.54, 1.807) is 12.1 Å². The lowest BCUT2D eigenvalue weighted by molar-refractivity contribution is 0.475. The quantitative estimate of drug-likeness (QED) is 0.435. The fourth-order valence-electron chi connectivity index (χ4n) is 3.18. The molecule has 132 valence electrons. The number of rotatable bonds is 4. The summed E-state index contributed by atoms with van der Waals surface area (Å²) in [6.45, 7) is 2.09. The number of phenols is 1. The summed E-state index contributed by atoms with van der Waals surface area (Å²) in [5, 5.41) is 9.66. The standard InChI is InChI=1S/C25H21NO/c1-19-7-11-22(12-8-19)26(24-15-17-25(27)18-16-24)23-13-9-21(10-14-23)20-5-3-2-4-6-20/h2-18,27H,1H3. The maximum Gasteiger partial charge on any atom is 0.115 e. The third-order valence-corrected chi connectivity index (χ3v) is 4.63. The smallest absolute Gasteiger partial charge is 0.115 e. The van der Waals surface area contributed by atoms with Crippen LogP contribution < -0.4 is 4.90 Å². The summed E-state index contributed by atoms with van der Waals surface area (Å²) in [6.07, 6.45) is 0. The summed E-state index contributed by atoms with van der Waals surface area (Å²) >= 11 is 0. The molecule has 0 radical (unpaired) electrons. The molecular formula is C25H21NO. The lowest BCUT2D eigenvalue weighted by atomic mass is 10.0. The van der Waals surface area contributed by atoms with Crippen LogP contribution in [-0.4, -0.2) is 5.11 Å². The number of aryl methyl sites for hydroxylation is 1. The van der Waals surface area contributed by atoms with E-state index in [0.717, 1.165) is 17.1 Å². The van der Waals surface area contributed by atoms with E-state index >= 15 is 0 Å². The van der Waals surface area contributed by atoms with Crippen LogP contribution in [-0.2, 0) is 0 Å². The van der Waals surface area contributed by atoms with Crippen LogP contribution in [0.25, 0.3) is 11.1 Å². The second kappa shape index (κ2) is 7.38. The number of benzene rings is 4. The molecule has 2 nitrogen and oxygen atoms in total. The lowest BCUT2D eigenvalue weighted by Crippen LogP contribution is -2.09. The first-order valence-electron chi connectivity index (χ1n) is 9.02. The Labute approximate surface area is 160 Å². The molecular weight excluding hydrogens is 330 g/mol. The number of hydrogen-bond donors (Lipinski definition) is 1. The topological polar surface area (TPSA) is 23.5 Å². The molecule has 0 saturated heterocycles. The molecule has 0 spiro atoms. The van der Waals surface area contributed by atoms with E-state index in [1.807, 2.05) is 18.2 Å². The van der Waals surface area contributed by atoms with Crippen molar-refractivity contribution in [2.24, 2.45) is 0 Å². The molecule has 0 aliphatic rings. The largest absolute Gasteiger partial charge is 0.508 e. The summed E-state index contributed by atoms with van der Waals surface area (Å²) < 4.78 is 0. The monoisotopic (exact) mass is 351 g/mol. The van der Waals surface area contributed by atoms with Crippen LogP contribution in [0, 0.1) is 6.92 Å². The third kappa shape index (κ3) is 3.70. The van der Waals surface area contributed by atoms with Gasteiger partial charge < -0.3 is 10.0 Å². The Morgan fingerprint density at radius 2 is 0.963 bits per heavy atom. The molecule has 4 aromatic carbocycles. The number of hydrogen-bond acceptors (Lipinski definition) is 2. The highest BCUT2D eigenvalue weighted by molar-refractivity contribution is 5.78. The second-order valence-electron chi connectivity index (χ2n) is 6.60. The Morgan fingerprint density at radius 3 is 1.52 bits per heavy atom. The maximum atomic E-state index is 9.66. The van der Waals surface area contributed by atoms with Crippen LogP contribution >= 0.6 is 0 Å². The van der Waals surface area contributed by atoms with Crippen molar-refractivity contribution in [2.45, 2.75) is 6.92 Å². The molecule has 1 N–H and O–H groups in total. The summed E-state index contributed by atoms with van der Waals surface area (Å²) in [4.78, 5) is 2.19. The van der Waals surface area contributed by atoms with Crippen molar-refractivity contribution >= 4 is 17.1 Å². The Kier molecular flexibility index (Phi) is 4.63. The summed E-state index contributed by atoms with van der Waals surface area (Å²) in [5.74, 6) is 0.266. The van der Waals surface area contributed by atoms with Gasteiger partial charge in [-0.25, -0.2) is 0 Å². The highest BCUT2D eigenvalue weighted by atomic mass is 16.3. The van der Waals surface area contributed by atoms with E-state index in [2.05, 4.69) is 84.6 Å². The molecule has 0 saturated carbocycles. The molecule has 0 atom stereocenters. The zero-order valence-electron chi connectivity index (χ0n) is 15.2. The summed E-state index contributed by atoms with van der Waals surface area (Å²) in [7, 11) is 0. The van der Waals surface area contributed by atoms with Crippen molar-refractivity contribution < 1.29 is 5.11 Å². The van der Waals surface area contributed by atoms with Gasteiger partial charge in [-0.3, -0.25) is 0 Å². The van der Waals surface area contributed by atoms with Crippen molar-refractivity contribution in [2.75, 3.05) is 4.90 Å². The van der Waals surface area contributed by atoms with Gasteiger partial charge in [0.1, 0.15) is 5.75 Å². The van der Waals surface area contributed by atoms with Gasteiger partial charge in [-0.1, -0.05) is 60.2 Å². The van der Waals surface area contributed by atoms with Crippen LogP contribution in [0.2, 0.25) is 0 Å². The lowest BCUT2D eigenvalue weighted by Gasteiger charge is -2.25. The van der Waals surface area contributed by atoms with Gasteiger partial charge in [0, 0.05) is 17.1 Å². The third-order valence-electron chi connectivity index (χ3n) is 4.63. The van der Waals surface area contributed by atoms with Crippen molar-refractivity contribution in [3.63, 3.8) is 0 Å². The van der Waals surface area contributed by atoms with Crippen LogP contribution in [0.15, 0.2) is 103 Å². The summed E-state index contributed by atoms with van der Waals surface area (Å²) in [6, 6.07) is 34.7. The molecule has 0 unspecified atom stereocenters. The molecule has 0 bridgehead atoms. The van der Waals surface area contributed by atoms with Crippen LogP contribution in [0.4, 0.5) is 17.1 Å². The molecule has 0 aromatic heterocycles. The van der Waals surface area contributed by atoms with Crippen LogP contribution in [0.1, 0.15) is 5.56 Å². The molecule has 0 aliphatic heterocycles. The van der Waals surface area contributed by atoms with Crippen LogP contribution in [0.3, 0.4) is 0 Å². The van der Waals surface area contributed by atoms with E-state index in [-0.39, 0.29) is 5.75 Å². The molecule has 2 heteroatoms. The van der Waals surface area contributed by atoms with Crippen molar-refractivity contribution in [3.05, 3.63) is 109 Å². The van der Waals surface area contributed by atoms with E-state index in [9.17, 15) is 5.11 Å². The molecule has 27 heavy (non-hydrogen) atoms. The molecule has 0 heterocycles. The number of aromatic hydroxyl groups is 1. The highest BCUT2D eigenvalue weighted by Gasteiger charge is 2.12. The van der Waals surface area contributed by atoms with E-state index in [0.29, 0.717) is 0 Å². The minimum atomic E-state index is 0.266. The van der Waals surface area contributed by atoms with Crippen molar-refractivity contribution in [3.8, 4) is 16.9 Å². The van der Waals surface area contributed by atoms with Gasteiger partial charge in [0.05, 0.1) is 0 Å².